The Morgan fingerprint density at radius 3 is 2.03 bits per heavy atom. The molecule has 1 N–H and O–H groups in total. The molecule has 0 aromatic rings. The molecule has 9 atom stereocenters. The molecule has 0 aromatic heterocycles. The summed E-state index contributed by atoms with van der Waals surface area (Å²) in [6, 6.07) is -4.78. The van der Waals surface area contributed by atoms with Crippen LogP contribution >= 0.6 is 0 Å². The molecule has 0 heterocycles. The Hall–Kier alpha value is -0.253. The van der Waals surface area contributed by atoms with Gasteiger partial charge in [-0.25, -0.2) is 4.39 Å². The summed E-state index contributed by atoms with van der Waals surface area (Å²) in [6.45, 7) is 7.33. The van der Waals surface area contributed by atoms with Crippen LogP contribution in [0.3, 0.4) is 0 Å². The molecule has 0 aliphatic heterocycles. The Labute approximate surface area is 176 Å². The van der Waals surface area contributed by atoms with E-state index in [-0.39, 0.29) is 5.92 Å². The van der Waals surface area contributed by atoms with Crippen molar-refractivity contribution >= 4 is 8.07 Å². The summed E-state index contributed by atoms with van der Waals surface area (Å²) >= 11 is 0. The van der Waals surface area contributed by atoms with E-state index < -0.39 is 39.9 Å². The highest BCUT2D eigenvalue weighted by Gasteiger charge is 2.63. The Bertz CT molecular complexity index is 588. The van der Waals surface area contributed by atoms with Gasteiger partial charge in [-0.1, -0.05) is 26.2 Å². The van der Waals surface area contributed by atoms with Crippen LogP contribution in [-0.4, -0.2) is 45.0 Å². The highest BCUT2D eigenvalue weighted by molar-refractivity contribution is 6.74. The van der Waals surface area contributed by atoms with Crippen LogP contribution < -0.4 is 0 Å². The third kappa shape index (κ3) is 5.04. The second-order valence-electron chi connectivity index (χ2n) is 11.2. The summed E-state index contributed by atoms with van der Waals surface area (Å²) in [4.78, 5) is 0. The van der Waals surface area contributed by atoms with Crippen LogP contribution in [0.1, 0.15) is 32.1 Å². The largest absolute Gasteiger partial charge is 0.477 e. The average molecular weight is 459 g/mol. The third-order valence-electron chi connectivity index (χ3n) is 7.30. The number of hydrogen-bond acceptors (Lipinski definition) is 3. The summed E-state index contributed by atoms with van der Waals surface area (Å²) in [5.41, 5.74) is 0. The monoisotopic (exact) mass is 458 g/mol. The first-order valence-corrected chi connectivity index (χ1v) is 15.0. The summed E-state index contributed by atoms with van der Waals surface area (Å²) in [5, 5.41) is 8.61. The van der Waals surface area contributed by atoms with Crippen molar-refractivity contribution < 1.29 is 36.5 Å². The van der Waals surface area contributed by atoms with Crippen molar-refractivity contribution in [1.82, 2.24) is 0 Å². The molecule has 9 unspecified atom stereocenters. The fraction of sp³-hybridized carbons (Fsp3) is 1.00. The van der Waals surface area contributed by atoms with Crippen LogP contribution in [0.4, 0.5) is 22.0 Å². The number of rotatable bonds is 6. The predicted octanol–water partition coefficient (Wildman–Crippen LogP) is 5.77. The molecule has 0 amide bonds. The Balaban J connectivity index is 0.000000461. The van der Waals surface area contributed by atoms with E-state index in [0.717, 1.165) is 24.7 Å². The van der Waals surface area contributed by atoms with Gasteiger partial charge in [0.05, 0.1) is 6.10 Å². The maximum Gasteiger partial charge on any atom is 0.477 e. The fourth-order valence-electron chi connectivity index (χ4n) is 6.61. The molecule has 0 spiro atoms. The van der Waals surface area contributed by atoms with Crippen molar-refractivity contribution in [2.45, 2.75) is 76.6 Å². The zero-order chi connectivity index (χ0) is 22.5. The SMILES string of the molecule is C[Si](C)(C)C.OC(F)(OCOC(CF)C1CC2CC1C1C3CCC(C3)C21)C(F)(F)F. The lowest BCUT2D eigenvalue weighted by Crippen LogP contribution is -2.45. The van der Waals surface area contributed by atoms with Crippen LogP contribution in [0.15, 0.2) is 0 Å². The van der Waals surface area contributed by atoms with E-state index in [9.17, 15) is 22.0 Å². The molecule has 4 aliphatic rings. The van der Waals surface area contributed by atoms with Crippen LogP contribution in [0.5, 0.6) is 0 Å². The zero-order valence-electron chi connectivity index (χ0n) is 18.2. The standard InChI is InChI=1S/C17H23F5O3.C4H12Si/c18-6-13(24-7-25-17(22,23)16(19,20)21)11-4-10-5-12(11)15-9-2-1-8(3-9)14(10)15;1-5(2,3)4/h8-15,23H,1-7H2;1-4H3. The molecule has 4 bridgehead atoms. The van der Waals surface area contributed by atoms with Crippen molar-refractivity contribution in [1.29, 1.82) is 0 Å². The first-order valence-electron chi connectivity index (χ1n) is 11.0. The molecule has 176 valence electrons. The number of fused-ring (bicyclic) bond motifs is 9. The molecule has 0 radical (unpaired) electrons. The van der Waals surface area contributed by atoms with Gasteiger partial charge in [0.1, 0.15) is 6.67 Å². The van der Waals surface area contributed by atoms with E-state index in [1.165, 1.54) is 19.3 Å². The van der Waals surface area contributed by atoms with Crippen LogP contribution in [-0.2, 0) is 9.47 Å². The lowest BCUT2D eigenvalue weighted by Gasteiger charge is -2.40. The van der Waals surface area contributed by atoms with Crippen molar-refractivity contribution in [3.63, 3.8) is 0 Å². The van der Waals surface area contributed by atoms with Gasteiger partial charge < -0.3 is 9.84 Å². The van der Waals surface area contributed by atoms with Gasteiger partial charge >= 0.3 is 12.2 Å². The highest BCUT2D eigenvalue weighted by Crippen LogP contribution is 2.69. The zero-order valence-corrected chi connectivity index (χ0v) is 19.2. The minimum absolute atomic E-state index is 0.0576. The quantitative estimate of drug-likeness (QED) is 0.238. The lowest BCUT2D eigenvalue weighted by molar-refractivity contribution is -0.439. The number of halogens is 5. The van der Waals surface area contributed by atoms with Gasteiger partial charge in [0.25, 0.3) is 0 Å². The van der Waals surface area contributed by atoms with Crippen LogP contribution in [0.25, 0.3) is 0 Å². The fourth-order valence-corrected chi connectivity index (χ4v) is 6.61. The van der Waals surface area contributed by atoms with Gasteiger partial charge in [0, 0.05) is 8.07 Å². The molecule has 4 rings (SSSR count). The topological polar surface area (TPSA) is 38.7 Å². The van der Waals surface area contributed by atoms with E-state index in [2.05, 4.69) is 30.9 Å². The normalized spacial score (nSPS) is 40.0. The second kappa shape index (κ2) is 8.59. The Morgan fingerprint density at radius 2 is 1.50 bits per heavy atom. The van der Waals surface area contributed by atoms with Crippen molar-refractivity contribution in [3.05, 3.63) is 0 Å². The molecular weight excluding hydrogens is 423 g/mol. The summed E-state index contributed by atoms with van der Waals surface area (Å²) in [5.74, 6) is 3.67. The molecule has 0 aromatic carbocycles. The predicted molar refractivity (Wildman–Crippen MR) is 106 cm³/mol. The highest BCUT2D eigenvalue weighted by atomic mass is 28.3. The Morgan fingerprint density at radius 1 is 0.933 bits per heavy atom. The molecule has 9 heteroatoms. The van der Waals surface area contributed by atoms with Gasteiger partial charge in [-0.05, 0) is 73.5 Å². The van der Waals surface area contributed by atoms with Gasteiger partial charge in [-0.3, -0.25) is 4.74 Å². The summed E-state index contributed by atoms with van der Waals surface area (Å²) < 4.78 is 72.0. The van der Waals surface area contributed by atoms with E-state index >= 15 is 0 Å². The maximum absolute atomic E-state index is 13.5. The number of hydrogen-bond donors (Lipinski definition) is 1. The number of alkyl halides is 5. The molecule has 0 saturated heterocycles. The van der Waals surface area contributed by atoms with Crippen molar-refractivity contribution in [3.8, 4) is 0 Å². The van der Waals surface area contributed by atoms with E-state index in [1.54, 1.807) is 0 Å². The van der Waals surface area contributed by atoms with Crippen LogP contribution in [0.2, 0.25) is 26.2 Å². The summed E-state index contributed by atoms with van der Waals surface area (Å²) in [6.07, 6.45) is -0.828. The third-order valence-corrected chi connectivity index (χ3v) is 7.30. The second-order valence-corrected chi connectivity index (χ2v) is 17.2. The first kappa shape index (κ1) is 24.4. The number of ether oxygens (including phenoxy) is 2. The maximum atomic E-state index is 13.5. The molecule has 30 heavy (non-hydrogen) atoms. The molecule has 3 nitrogen and oxygen atoms in total. The minimum Gasteiger partial charge on any atom is -0.349 e. The molecular formula is C21H35F5O3Si. The minimum atomic E-state index is -5.58. The first-order chi connectivity index (χ1) is 13.7. The Kier molecular flexibility index (Phi) is 6.99. The van der Waals surface area contributed by atoms with Gasteiger partial charge in [-0.15, -0.1) is 0 Å². The molecule has 4 fully saturated rings. The molecule has 4 aliphatic carbocycles. The van der Waals surface area contributed by atoms with Crippen molar-refractivity contribution in [2.24, 2.45) is 41.4 Å². The van der Waals surface area contributed by atoms with E-state index in [1.807, 2.05) is 0 Å². The average Bonchev–Trinajstić information content (AvgIpc) is 3.34. The van der Waals surface area contributed by atoms with Gasteiger partial charge in [0.2, 0.25) is 0 Å². The van der Waals surface area contributed by atoms with E-state index in [0.29, 0.717) is 23.7 Å². The smallest absolute Gasteiger partial charge is 0.349 e. The van der Waals surface area contributed by atoms with E-state index in [4.69, 9.17) is 9.84 Å². The van der Waals surface area contributed by atoms with Crippen LogP contribution in [0, 0.1) is 41.4 Å². The molecule has 4 saturated carbocycles. The number of aliphatic hydroxyl groups is 1. The lowest BCUT2D eigenvalue weighted by atomic mass is 9.66. The van der Waals surface area contributed by atoms with Gasteiger partial charge in [-0.2, -0.15) is 17.6 Å². The van der Waals surface area contributed by atoms with Crippen molar-refractivity contribution in [2.75, 3.05) is 13.5 Å². The summed E-state index contributed by atoms with van der Waals surface area (Å²) in [7, 11) is -0.611. The van der Waals surface area contributed by atoms with Gasteiger partial charge in [0.15, 0.2) is 6.79 Å².